The van der Waals surface area contributed by atoms with Gasteiger partial charge in [0, 0.05) is 37.4 Å². The number of nitrogens with one attached hydrogen (secondary N) is 1. The zero-order valence-corrected chi connectivity index (χ0v) is 15.9. The first-order valence-corrected chi connectivity index (χ1v) is 9.41. The third kappa shape index (κ3) is 4.77. The molecule has 1 N–H and O–H groups in total. The van der Waals surface area contributed by atoms with Crippen molar-refractivity contribution in [3.63, 3.8) is 0 Å². The molecular formula is C20H23ClN4O2. The van der Waals surface area contributed by atoms with E-state index in [-0.39, 0.29) is 17.7 Å². The van der Waals surface area contributed by atoms with E-state index in [1.807, 2.05) is 28.9 Å². The first-order valence-electron chi connectivity index (χ1n) is 9.03. The predicted octanol–water partition coefficient (Wildman–Crippen LogP) is 2.74. The highest BCUT2D eigenvalue weighted by atomic mass is 35.5. The van der Waals surface area contributed by atoms with Crippen molar-refractivity contribution in [3.05, 3.63) is 65.5 Å². The Morgan fingerprint density at radius 3 is 3.04 bits per heavy atom. The van der Waals surface area contributed by atoms with Crippen LogP contribution in [-0.4, -0.2) is 39.6 Å². The van der Waals surface area contributed by atoms with Crippen molar-refractivity contribution >= 4 is 23.4 Å². The van der Waals surface area contributed by atoms with E-state index in [1.54, 1.807) is 17.2 Å². The zero-order valence-electron chi connectivity index (χ0n) is 15.1. The van der Waals surface area contributed by atoms with Gasteiger partial charge in [-0.05, 0) is 42.7 Å². The molecule has 1 aromatic heterocycles. The molecule has 2 amide bonds. The van der Waals surface area contributed by atoms with Crippen LogP contribution in [0.2, 0.25) is 5.02 Å². The maximum absolute atomic E-state index is 13.3. The van der Waals surface area contributed by atoms with Gasteiger partial charge in [0.15, 0.2) is 0 Å². The summed E-state index contributed by atoms with van der Waals surface area (Å²) in [5.74, 6) is -0.416. The molecule has 6 nitrogen and oxygen atoms in total. The van der Waals surface area contributed by atoms with Crippen molar-refractivity contribution in [2.45, 2.75) is 31.8 Å². The van der Waals surface area contributed by atoms with E-state index in [0.717, 1.165) is 30.6 Å². The molecule has 0 aliphatic carbocycles. The molecule has 1 atom stereocenters. The summed E-state index contributed by atoms with van der Waals surface area (Å²) < 4.78 is 1.91. The van der Waals surface area contributed by atoms with Crippen LogP contribution in [0.4, 0.5) is 0 Å². The van der Waals surface area contributed by atoms with E-state index in [2.05, 4.69) is 17.0 Å². The van der Waals surface area contributed by atoms with Crippen LogP contribution < -0.4 is 5.32 Å². The third-order valence-electron chi connectivity index (χ3n) is 4.71. The molecule has 0 radical (unpaired) electrons. The van der Waals surface area contributed by atoms with E-state index in [9.17, 15) is 9.59 Å². The highest BCUT2D eigenvalue weighted by Gasteiger charge is 2.30. The molecule has 3 rings (SSSR count). The third-order valence-corrected chi connectivity index (χ3v) is 4.94. The van der Waals surface area contributed by atoms with Crippen molar-refractivity contribution in [1.82, 2.24) is 20.0 Å². The normalized spacial score (nSPS) is 15.7. The number of rotatable bonds is 7. The number of amides is 2. The average Bonchev–Trinajstić information content (AvgIpc) is 3.15. The van der Waals surface area contributed by atoms with Crippen LogP contribution in [0.15, 0.2) is 49.2 Å². The molecule has 1 aliphatic heterocycles. The summed E-state index contributed by atoms with van der Waals surface area (Å²) in [5.41, 5.74) is 1.91. The highest BCUT2D eigenvalue weighted by molar-refractivity contribution is 6.30. The number of hydrogen-bond acceptors (Lipinski definition) is 3. The molecule has 27 heavy (non-hydrogen) atoms. The Labute approximate surface area is 163 Å². The van der Waals surface area contributed by atoms with Crippen LogP contribution in [0.3, 0.4) is 0 Å². The lowest BCUT2D eigenvalue weighted by Gasteiger charge is -2.30. The van der Waals surface area contributed by atoms with Gasteiger partial charge in [0.05, 0.1) is 11.6 Å². The number of carbonyl (C=O) groups is 2. The van der Waals surface area contributed by atoms with Crippen LogP contribution >= 0.6 is 11.6 Å². The molecule has 1 unspecified atom stereocenters. The lowest BCUT2D eigenvalue weighted by Crippen LogP contribution is -2.41. The van der Waals surface area contributed by atoms with Crippen molar-refractivity contribution in [1.29, 1.82) is 0 Å². The Morgan fingerprint density at radius 2 is 2.26 bits per heavy atom. The Balaban J connectivity index is 1.77. The van der Waals surface area contributed by atoms with Gasteiger partial charge in [-0.3, -0.25) is 14.3 Å². The lowest BCUT2D eigenvalue weighted by molar-refractivity contribution is -0.134. The quantitative estimate of drug-likeness (QED) is 0.744. The minimum absolute atomic E-state index is 0.0456. The van der Waals surface area contributed by atoms with Crippen LogP contribution in [0, 0.1) is 0 Å². The minimum atomic E-state index is -0.249. The number of carbonyl (C=O) groups excluding carboxylic acids is 2. The first kappa shape index (κ1) is 19.2. The molecule has 2 aromatic rings. The second-order valence-corrected chi connectivity index (χ2v) is 7.00. The Hall–Kier alpha value is -2.60. The molecule has 7 heteroatoms. The number of fused-ring (bicyclic) bond motifs is 1. The van der Waals surface area contributed by atoms with Gasteiger partial charge in [-0.25, -0.2) is 0 Å². The summed E-state index contributed by atoms with van der Waals surface area (Å²) in [5, 5.41) is 7.67. The maximum Gasteiger partial charge on any atom is 0.243 e. The molecule has 142 valence electrons. The van der Waals surface area contributed by atoms with Gasteiger partial charge in [0.1, 0.15) is 0 Å². The molecular weight excluding hydrogens is 364 g/mol. The van der Waals surface area contributed by atoms with Crippen molar-refractivity contribution in [2.24, 2.45) is 0 Å². The molecule has 0 saturated heterocycles. The smallest absolute Gasteiger partial charge is 0.243 e. The Morgan fingerprint density at radius 1 is 1.41 bits per heavy atom. The molecule has 0 spiro atoms. The van der Waals surface area contributed by atoms with Crippen LogP contribution in [0.5, 0.6) is 0 Å². The van der Waals surface area contributed by atoms with Gasteiger partial charge in [-0.1, -0.05) is 30.3 Å². The summed E-state index contributed by atoms with van der Waals surface area (Å²) in [6, 6.07) is 9.39. The summed E-state index contributed by atoms with van der Waals surface area (Å²) >= 11 is 6.09. The molecule has 1 aliphatic rings. The maximum atomic E-state index is 13.3. The number of benzene rings is 1. The number of aromatic nitrogens is 2. The molecule has 0 fully saturated rings. The van der Waals surface area contributed by atoms with Gasteiger partial charge in [0.25, 0.3) is 0 Å². The second kappa shape index (κ2) is 8.86. The average molecular weight is 387 g/mol. The standard InChI is InChI=1S/C20H23ClN4O2/c1-2-19(26)22-10-12-24(14-15-5-3-6-16(21)13-15)20(27)17-7-4-11-25-18(17)8-9-23-25/h2-3,5-6,8-9,13,17H,1,4,7,10-12,14H2,(H,22,26). The second-order valence-electron chi connectivity index (χ2n) is 6.56. The van der Waals surface area contributed by atoms with Crippen molar-refractivity contribution in [2.75, 3.05) is 13.1 Å². The van der Waals surface area contributed by atoms with Gasteiger partial charge in [-0.15, -0.1) is 0 Å². The highest BCUT2D eigenvalue weighted by Crippen LogP contribution is 2.29. The monoisotopic (exact) mass is 386 g/mol. The summed E-state index contributed by atoms with van der Waals surface area (Å²) in [6.45, 7) is 5.50. The summed E-state index contributed by atoms with van der Waals surface area (Å²) in [7, 11) is 0. The molecule has 0 saturated carbocycles. The molecule has 1 aromatic carbocycles. The predicted molar refractivity (Wildman–Crippen MR) is 104 cm³/mol. The number of aryl methyl sites for hydroxylation is 1. The van der Waals surface area contributed by atoms with Gasteiger partial charge in [-0.2, -0.15) is 5.10 Å². The van der Waals surface area contributed by atoms with Crippen LogP contribution in [-0.2, 0) is 22.7 Å². The summed E-state index contributed by atoms with van der Waals surface area (Å²) in [6.07, 6.45) is 4.69. The van der Waals surface area contributed by atoms with Crippen LogP contribution in [0.25, 0.3) is 0 Å². The fourth-order valence-corrected chi connectivity index (χ4v) is 3.61. The van der Waals surface area contributed by atoms with E-state index < -0.39 is 0 Å². The van der Waals surface area contributed by atoms with E-state index in [1.165, 1.54) is 6.08 Å². The van der Waals surface area contributed by atoms with Crippen molar-refractivity contribution in [3.8, 4) is 0 Å². The van der Waals surface area contributed by atoms with E-state index in [4.69, 9.17) is 11.6 Å². The lowest BCUT2D eigenvalue weighted by atomic mass is 9.94. The number of hydrogen-bond donors (Lipinski definition) is 1. The van der Waals surface area contributed by atoms with Gasteiger partial charge < -0.3 is 10.2 Å². The SMILES string of the molecule is C=CC(=O)NCCN(Cc1cccc(Cl)c1)C(=O)C1CCCn2nccc21. The topological polar surface area (TPSA) is 67.2 Å². The number of nitrogens with zero attached hydrogens (tertiary/aromatic N) is 3. The zero-order chi connectivity index (χ0) is 19.2. The first-order chi connectivity index (χ1) is 13.1. The summed E-state index contributed by atoms with van der Waals surface area (Å²) in [4.78, 5) is 26.5. The largest absolute Gasteiger partial charge is 0.351 e. The van der Waals surface area contributed by atoms with E-state index >= 15 is 0 Å². The Kier molecular flexibility index (Phi) is 6.29. The molecule has 2 heterocycles. The number of halogens is 1. The van der Waals surface area contributed by atoms with Crippen molar-refractivity contribution < 1.29 is 9.59 Å². The Bertz CT molecular complexity index is 833. The van der Waals surface area contributed by atoms with E-state index in [0.29, 0.717) is 24.7 Å². The minimum Gasteiger partial charge on any atom is -0.351 e. The fourth-order valence-electron chi connectivity index (χ4n) is 3.40. The fraction of sp³-hybridized carbons (Fsp3) is 0.350. The molecule has 0 bridgehead atoms. The van der Waals surface area contributed by atoms with Gasteiger partial charge in [0.2, 0.25) is 11.8 Å². The van der Waals surface area contributed by atoms with Crippen LogP contribution in [0.1, 0.15) is 30.0 Å². The van der Waals surface area contributed by atoms with Gasteiger partial charge >= 0.3 is 0 Å².